The maximum Gasteiger partial charge on any atom is 0.220 e. The van der Waals surface area contributed by atoms with Gasteiger partial charge in [0.2, 0.25) is 5.91 Å². The highest BCUT2D eigenvalue weighted by Crippen LogP contribution is 2.38. The number of ether oxygens (including phenoxy) is 1. The predicted molar refractivity (Wildman–Crippen MR) is 77.5 cm³/mol. The Bertz CT molecular complexity index is 284. The lowest BCUT2D eigenvalue weighted by molar-refractivity contribution is -0.122. The highest BCUT2D eigenvalue weighted by molar-refractivity contribution is 6.18. The molecule has 4 heteroatoms. The molecule has 110 valence electrons. The molecule has 0 radical (unpaired) electrons. The van der Waals surface area contributed by atoms with Gasteiger partial charge in [-0.05, 0) is 38.5 Å². The summed E-state index contributed by atoms with van der Waals surface area (Å²) in [6, 6.07) is 0. The van der Waals surface area contributed by atoms with Crippen molar-refractivity contribution in [2.75, 3.05) is 19.0 Å². The van der Waals surface area contributed by atoms with Crippen LogP contribution in [0.25, 0.3) is 0 Å². The number of hydrogen-bond donors (Lipinski definition) is 1. The summed E-state index contributed by atoms with van der Waals surface area (Å²) in [5.74, 6) is 0.824. The van der Waals surface area contributed by atoms with Crippen LogP contribution in [0.1, 0.15) is 57.8 Å². The van der Waals surface area contributed by atoms with Crippen molar-refractivity contribution in [2.45, 2.75) is 63.9 Å². The number of nitrogens with one attached hydrogen (secondary N) is 1. The monoisotopic (exact) mass is 287 g/mol. The van der Waals surface area contributed by atoms with E-state index in [0.29, 0.717) is 18.4 Å². The van der Waals surface area contributed by atoms with Crippen molar-refractivity contribution in [3.05, 3.63) is 0 Å². The first-order valence-corrected chi connectivity index (χ1v) is 8.22. The molecule has 1 saturated carbocycles. The number of alkyl halides is 1. The summed E-state index contributed by atoms with van der Waals surface area (Å²) in [5, 5.41) is 3.08. The largest absolute Gasteiger partial charge is 0.378 e. The van der Waals surface area contributed by atoms with Gasteiger partial charge >= 0.3 is 0 Å². The lowest BCUT2D eigenvalue weighted by atomic mass is 9.88. The van der Waals surface area contributed by atoms with Crippen molar-refractivity contribution in [3.8, 4) is 0 Å². The smallest absolute Gasteiger partial charge is 0.220 e. The Morgan fingerprint density at radius 1 is 1.26 bits per heavy atom. The van der Waals surface area contributed by atoms with E-state index in [1.165, 1.54) is 25.7 Å². The van der Waals surface area contributed by atoms with Crippen LogP contribution in [0.15, 0.2) is 0 Å². The van der Waals surface area contributed by atoms with Crippen molar-refractivity contribution in [1.29, 1.82) is 0 Å². The molecular formula is C15H26ClNO2. The summed E-state index contributed by atoms with van der Waals surface area (Å²) in [5.41, 5.74) is 0.165. The topological polar surface area (TPSA) is 38.3 Å². The van der Waals surface area contributed by atoms with E-state index in [0.717, 1.165) is 38.8 Å². The highest BCUT2D eigenvalue weighted by Gasteiger charge is 2.33. The molecule has 3 nitrogen and oxygen atoms in total. The lowest BCUT2D eigenvalue weighted by Crippen LogP contribution is -2.37. The summed E-state index contributed by atoms with van der Waals surface area (Å²) in [4.78, 5) is 11.9. The fourth-order valence-corrected chi connectivity index (χ4v) is 3.55. The Labute approximate surface area is 121 Å². The molecule has 0 spiro atoms. The zero-order chi connectivity index (χ0) is 13.6. The van der Waals surface area contributed by atoms with Gasteiger partial charge in [-0.1, -0.05) is 12.8 Å². The molecule has 0 aromatic carbocycles. The third-order valence-corrected chi connectivity index (χ3v) is 5.14. The van der Waals surface area contributed by atoms with Gasteiger partial charge in [0.25, 0.3) is 0 Å². The summed E-state index contributed by atoms with van der Waals surface area (Å²) < 4.78 is 5.65. The van der Waals surface area contributed by atoms with E-state index < -0.39 is 0 Å². The minimum Gasteiger partial charge on any atom is -0.378 e. The van der Waals surface area contributed by atoms with Gasteiger partial charge in [0.05, 0.1) is 6.10 Å². The van der Waals surface area contributed by atoms with Crippen molar-refractivity contribution in [3.63, 3.8) is 0 Å². The molecular weight excluding hydrogens is 262 g/mol. The van der Waals surface area contributed by atoms with E-state index in [2.05, 4.69) is 5.32 Å². The molecule has 1 amide bonds. The van der Waals surface area contributed by atoms with Crippen LogP contribution in [0.4, 0.5) is 0 Å². The molecule has 2 rings (SSSR count). The van der Waals surface area contributed by atoms with Crippen LogP contribution in [-0.4, -0.2) is 31.0 Å². The first-order chi connectivity index (χ1) is 9.24. The fourth-order valence-electron chi connectivity index (χ4n) is 3.18. The third kappa shape index (κ3) is 4.64. The second kappa shape index (κ2) is 7.49. The molecule has 19 heavy (non-hydrogen) atoms. The number of carbonyl (C=O) groups is 1. The minimum atomic E-state index is 0.158. The second-order valence-electron chi connectivity index (χ2n) is 6.14. The van der Waals surface area contributed by atoms with E-state index in [-0.39, 0.29) is 11.3 Å². The fraction of sp³-hybridized carbons (Fsp3) is 0.933. The van der Waals surface area contributed by atoms with Gasteiger partial charge in [-0.25, -0.2) is 0 Å². The number of carbonyl (C=O) groups excluding carboxylic acids is 1. The Hall–Kier alpha value is -0.280. The molecule has 1 N–H and O–H groups in total. The first kappa shape index (κ1) is 15.1. The molecule has 2 fully saturated rings. The quantitative estimate of drug-likeness (QED) is 0.762. The molecule has 0 aromatic rings. The zero-order valence-electron chi connectivity index (χ0n) is 11.8. The van der Waals surface area contributed by atoms with E-state index in [1.54, 1.807) is 0 Å². The SMILES string of the molecule is O=C(CCC1CCCCO1)NCC1(CCl)CCCC1. The van der Waals surface area contributed by atoms with Crippen LogP contribution in [0.3, 0.4) is 0 Å². The van der Waals surface area contributed by atoms with Crippen LogP contribution in [0.5, 0.6) is 0 Å². The van der Waals surface area contributed by atoms with Crippen LogP contribution < -0.4 is 5.32 Å². The van der Waals surface area contributed by atoms with E-state index >= 15 is 0 Å². The van der Waals surface area contributed by atoms with E-state index in [4.69, 9.17) is 16.3 Å². The Morgan fingerprint density at radius 3 is 2.68 bits per heavy atom. The average Bonchev–Trinajstić information content (AvgIpc) is 2.93. The van der Waals surface area contributed by atoms with Crippen molar-refractivity contribution in [2.24, 2.45) is 5.41 Å². The maximum atomic E-state index is 11.9. The van der Waals surface area contributed by atoms with Gasteiger partial charge in [0.1, 0.15) is 0 Å². The zero-order valence-corrected chi connectivity index (χ0v) is 12.5. The Balaban J connectivity index is 1.63. The summed E-state index contributed by atoms with van der Waals surface area (Å²) in [7, 11) is 0. The number of hydrogen-bond acceptors (Lipinski definition) is 2. The molecule has 1 aliphatic heterocycles. The number of halogens is 1. The van der Waals surface area contributed by atoms with Gasteiger partial charge in [0, 0.05) is 30.9 Å². The summed E-state index contributed by atoms with van der Waals surface area (Å²) in [6.45, 7) is 1.61. The molecule has 1 atom stereocenters. The molecule has 1 heterocycles. The van der Waals surface area contributed by atoms with Gasteiger partial charge < -0.3 is 10.1 Å². The van der Waals surface area contributed by atoms with Crippen molar-refractivity contribution in [1.82, 2.24) is 5.32 Å². The lowest BCUT2D eigenvalue weighted by Gasteiger charge is -2.27. The van der Waals surface area contributed by atoms with Gasteiger partial charge in [0.15, 0.2) is 0 Å². The summed E-state index contributed by atoms with van der Waals surface area (Å²) >= 11 is 6.08. The Morgan fingerprint density at radius 2 is 2.05 bits per heavy atom. The van der Waals surface area contributed by atoms with E-state index in [9.17, 15) is 4.79 Å². The number of amides is 1. The maximum absolute atomic E-state index is 11.9. The first-order valence-electron chi connectivity index (χ1n) is 7.68. The second-order valence-corrected chi connectivity index (χ2v) is 6.41. The standard InChI is InChI=1S/C15H26ClNO2/c16-11-15(8-2-3-9-15)12-17-14(18)7-6-13-5-1-4-10-19-13/h13H,1-12H2,(H,17,18). The van der Waals surface area contributed by atoms with Crippen LogP contribution >= 0.6 is 11.6 Å². The molecule has 1 unspecified atom stereocenters. The molecule has 1 saturated heterocycles. The van der Waals surface area contributed by atoms with Gasteiger partial charge in [-0.2, -0.15) is 0 Å². The molecule has 0 aromatic heterocycles. The van der Waals surface area contributed by atoms with Crippen LogP contribution in [0.2, 0.25) is 0 Å². The molecule has 0 bridgehead atoms. The van der Waals surface area contributed by atoms with Gasteiger partial charge in [-0.3, -0.25) is 4.79 Å². The van der Waals surface area contributed by atoms with Gasteiger partial charge in [-0.15, -0.1) is 11.6 Å². The van der Waals surface area contributed by atoms with E-state index in [1.807, 2.05) is 0 Å². The summed E-state index contributed by atoms with van der Waals surface area (Å²) in [6.07, 6.45) is 10.1. The normalized spacial score (nSPS) is 26.3. The predicted octanol–water partition coefficient (Wildman–Crippen LogP) is 3.25. The molecule has 1 aliphatic carbocycles. The minimum absolute atomic E-state index is 0.158. The number of rotatable bonds is 6. The van der Waals surface area contributed by atoms with Crippen molar-refractivity contribution < 1.29 is 9.53 Å². The van der Waals surface area contributed by atoms with Crippen molar-refractivity contribution >= 4 is 17.5 Å². The average molecular weight is 288 g/mol. The third-order valence-electron chi connectivity index (χ3n) is 4.58. The van der Waals surface area contributed by atoms with Crippen LogP contribution in [-0.2, 0) is 9.53 Å². The van der Waals surface area contributed by atoms with Crippen LogP contribution in [0, 0.1) is 5.41 Å². The molecule has 2 aliphatic rings. The Kier molecular flexibility index (Phi) is 5.96. The highest BCUT2D eigenvalue weighted by atomic mass is 35.5.